The smallest absolute Gasteiger partial charge is 0.271 e. The molecular formula is C22H36F2O3. The molecule has 0 radical (unpaired) electrons. The maximum atomic E-state index is 13.3. The molecule has 0 amide bonds. The van der Waals surface area contributed by atoms with Crippen molar-refractivity contribution >= 4 is 0 Å². The molecule has 1 unspecified atom stereocenters. The van der Waals surface area contributed by atoms with Gasteiger partial charge in [0, 0.05) is 14.2 Å². The van der Waals surface area contributed by atoms with E-state index in [1.165, 1.54) is 50.7 Å². The fraction of sp³-hybridized carbons (Fsp3) is 0.727. The number of rotatable bonds is 16. The summed E-state index contributed by atoms with van der Waals surface area (Å²) >= 11 is 0. The summed E-state index contributed by atoms with van der Waals surface area (Å²) in [5.41, 5.74) is 0.804. The Bertz CT molecular complexity index is 492. The number of hydrogen-bond acceptors (Lipinski definition) is 3. The zero-order valence-electron chi connectivity index (χ0n) is 17.1. The van der Waals surface area contributed by atoms with Crippen molar-refractivity contribution in [2.45, 2.75) is 90.1 Å². The average molecular weight is 387 g/mol. The third kappa shape index (κ3) is 10.8. The number of aryl methyl sites for hydroxylation is 1. The van der Waals surface area contributed by atoms with Crippen LogP contribution in [0.2, 0.25) is 0 Å². The van der Waals surface area contributed by atoms with Crippen LogP contribution < -0.4 is 0 Å². The Balaban J connectivity index is 2.37. The second kappa shape index (κ2) is 14.9. The van der Waals surface area contributed by atoms with Crippen LogP contribution in [0, 0.1) is 11.6 Å². The first-order chi connectivity index (χ1) is 13.1. The van der Waals surface area contributed by atoms with Crippen LogP contribution >= 0.6 is 0 Å². The van der Waals surface area contributed by atoms with Crippen LogP contribution in [-0.2, 0) is 20.6 Å². The summed E-state index contributed by atoms with van der Waals surface area (Å²) in [5, 5.41) is 0. The van der Waals surface area contributed by atoms with E-state index >= 15 is 0 Å². The molecule has 0 aliphatic carbocycles. The quantitative estimate of drug-likeness (QED) is 0.243. The molecule has 1 aromatic rings. The lowest BCUT2D eigenvalue weighted by molar-refractivity contribution is -0.285. The van der Waals surface area contributed by atoms with Crippen molar-refractivity contribution in [3.8, 4) is 0 Å². The lowest BCUT2D eigenvalue weighted by Gasteiger charge is -2.23. The van der Waals surface area contributed by atoms with Crippen LogP contribution in [0.4, 0.5) is 8.78 Å². The largest absolute Gasteiger partial charge is 0.333 e. The Labute approximate surface area is 163 Å². The van der Waals surface area contributed by atoms with E-state index in [9.17, 15) is 8.78 Å². The van der Waals surface area contributed by atoms with Crippen LogP contribution in [0.15, 0.2) is 18.2 Å². The molecule has 1 rings (SSSR count). The summed E-state index contributed by atoms with van der Waals surface area (Å²) < 4.78 is 42.5. The van der Waals surface area contributed by atoms with Gasteiger partial charge in [-0.25, -0.2) is 8.78 Å². The zero-order chi connectivity index (χ0) is 19.9. The van der Waals surface area contributed by atoms with Crippen molar-refractivity contribution in [1.82, 2.24) is 0 Å². The van der Waals surface area contributed by atoms with Crippen LogP contribution in [-0.4, -0.2) is 26.8 Å². The third-order valence-corrected chi connectivity index (χ3v) is 4.79. The van der Waals surface area contributed by atoms with Crippen molar-refractivity contribution in [1.29, 1.82) is 0 Å². The molecule has 0 saturated heterocycles. The number of halogens is 2. The summed E-state index contributed by atoms with van der Waals surface area (Å²) in [4.78, 5) is 0. The Morgan fingerprint density at radius 1 is 0.815 bits per heavy atom. The van der Waals surface area contributed by atoms with Crippen molar-refractivity contribution in [2.24, 2.45) is 0 Å². The van der Waals surface area contributed by atoms with Gasteiger partial charge in [-0.3, -0.25) is 0 Å². The molecule has 0 aliphatic rings. The highest BCUT2D eigenvalue weighted by molar-refractivity contribution is 5.17. The van der Waals surface area contributed by atoms with Gasteiger partial charge in [0.25, 0.3) is 6.48 Å². The maximum Gasteiger partial charge on any atom is 0.271 e. The van der Waals surface area contributed by atoms with Crippen molar-refractivity contribution in [3.05, 3.63) is 35.4 Å². The molecule has 3 nitrogen and oxygen atoms in total. The van der Waals surface area contributed by atoms with E-state index in [0.717, 1.165) is 31.2 Å². The molecule has 0 heterocycles. The molecule has 1 aromatic carbocycles. The molecule has 0 saturated carbocycles. The number of benzene rings is 1. The normalized spacial score (nSPS) is 12.7. The first kappa shape index (κ1) is 24.0. The maximum absolute atomic E-state index is 13.3. The Kier molecular flexibility index (Phi) is 13.3. The van der Waals surface area contributed by atoms with Crippen LogP contribution in [0.1, 0.15) is 76.7 Å². The van der Waals surface area contributed by atoms with E-state index in [-0.39, 0.29) is 6.10 Å². The van der Waals surface area contributed by atoms with E-state index in [1.807, 2.05) is 0 Å². The molecule has 27 heavy (non-hydrogen) atoms. The van der Waals surface area contributed by atoms with Gasteiger partial charge in [-0.2, -0.15) is 0 Å². The Hall–Kier alpha value is -1.04. The van der Waals surface area contributed by atoms with Gasteiger partial charge in [-0.05, 0) is 43.4 Å². The van der Waals surface area contributed by atoms with Gasteiger partial charge in [0.2, 0.25) is 0 Å². The topological polar surface area (TPSA) is 27.7 Å². The minimum absolute atomic E-state index is 0.0378. The second-order valence-corrected chi connectivity index (χ2v) is 7.07. The minimum Gasteiger partial charge on any atom is -0.333 e. The van der Waals surface area contributed by atoms with Gasteiger partial charge in [0.1, 0.15) is 0 Å². The highest BCUT2D eigenvalue weighted by Gasteiger charge is 2.16. The van der Waals surface area contributed by atoms with Gasteiger partial charge in [-0.15, -0.1) is 0 Å². The van der Waals surface area contributed by atoms with Gasteiger partial charge < -0.3 is 14.2 Å². The number of unbranched alkanes of at least 4 members (excludes halogenated alkanes) is 6. The zero-order valence-corrected chi connectivity index (χ0v) is 17.1. The SMILES string of the molecule is CCCCCCCCCC(CCCc1ccc(F)c(F)c1)OC(OC)OC. The van der Waals surface area contributed by atoms with Crippen molar-refractivity contribution in [2.75, 3.05) is 14.2 Å². The highest BCUT2D eigenvalue weighted by atomic mass is 19.2. The molecule has 0 spiro atoms. The average Bonchev–Trinajstić information content (AvgIpc) is 2.67. The van der Waals surface area contributed by atoms with E-state index in [1.54, 1.807) is 20.3 Å². The Morgan fingerprint density at radius 3 is 2.07 bits per heavy atom. The molecule has 0 aromatic heterocycles. The standard InChI is InChI=1S/C22H36F2O3/c1-4-5-6-7-8-9-10-13-19(27-22(25-2)26-3)14-11-12-18-15-16-20(23)21(24)17-18/h15-17,19,22H,4-14H2,1-3H3. The van der Waals surface area contributed by atoms with Crippen LogP contribution in [0.3, 0.4) is 0 Å². The van der Waals surface area contributed by atoms with Gasteiger partial charge in [-0.1, -0.05) is 57.9 Å². The van der Waals surface area contributed by atoms with Gasteiger partial charge in [0.05, 0.1) is 6.10 Å². The first-order valence-electron chi connectivity index (χ1n) is 10.3. The van der Waals surface area contributed by atoms with Crippen LogP contribution in [0.5, 0.6) is 0 Å². The summed E-state index contributed by atoms with van der Waals surface area (Å²) in [7, 11) is 3.11. The fourth-order valence-electron chi connectivity index (χ4n) is 3.20. The van der Waals surface area contributed by atoms with E-state index in [0.29, 0.717) is 6.42 Å². The van der Waals surface area contributed by atoms with Crippen molar-refractivity contribution in [3.63, 3.8) is 0 Å². The van der Waals surface area contributed by atoms with E-state index in [4.69, 9.17) is 14.2 Å². The molecule has 156 valence electrons. The molecule has 0 N–H and O–H groups in total. The summed E-state index contributed by atoms with van der Waals surface area (Å²) in [6.07, 6.45) is 12.1. The fourth-order valence-corrected chi connectivity index (χ4v) is 3.20. The third-order valence-electron chi connectivity index (χ3n) is 4.79. The number of methoxy groups -OCH3 is 2. The summed E-state index contributed by atoms with van der Waals surface area (Å²) in [6, 6.07) is 4.09. The monoisotopic (exact) mass is 386 g/mol. The van der Waals surface area contributed by atoms with Gasteiger partial charge >= 0.3 is 0 Å². The molecule has 5 heteroatoms. The van der Waals surface area contributed by atoms with Crippen LogP contribution in [0.25, 0.3) is 0 Å². The van der Waals surface area contributed by atoms with Gasteiger partial charge in [0.15, 0.2) is 11.6 Å². The first-order valence-corrected chi connectivity index (χ1v) is 10.3. The molecule has 0 bridgehead atoms. The summed E-state index contributed by atoms with van der Waals surface area (Å²) in [5.74, 6) is -1.59. The highest BCUT2D eigenvalue weighted by Crippen LogP contribution is 2.18. The Morgan fingerprint density at radius 2 is 1.44 bits per heavy atom. The number of ether oxygens (including phenoxy) is 3. The molecular weight excluding hydrogens is 350 g/mol. The number of hydrogen-bond donors (Lipinski definition) is 0. The second-order valence-electron chi connectivity index (χ2n) is 7.07. The summed E-state index contributed by atoms with van der Waals surface area (Å²) in [6.45, 7) is 1.56. The lowest BCUT2D eigenvalue weighted by Crippen LogP contribution is -2.25. The minimum atomic E-state index is -0.804. The molecule has 1 atom stereocenters. The molecule has 0 aliphatic heterocycles. The van der Waals surface area contributed by atoms with Crippen molar-refractivity contribution < 1.29 is 23.0 Å². The predicted molar refractivity (Wildman–Crippen MR) is 105 cm³/mol. The lowest BCUT2D eigenvalue weighted by atomic mass is 10.0. The predicted octanol–water partition coefficient (Wildman–Crippen LogP) is 6.39. The van der Waals surface area contributed by atoms with E-state index in [2.05, 4.69) is 6.92 Å². The molecule has 0 fully saturated rings. The van der Waals surface area contributed by atoms with E-state index < -0.39 is 18.1 Å².